The van der Waals surface area contributed by atoms with E-state index in [9.17, 15) is 4.79 Å². The first-order chi connectivity index (χ1) is 8.02. The molecular formula is C13H18N2O2. The largest absolute Gasteiger partial charge is 0.398 e. The molecule has 1 unspecified atom stereocenters. The highest BCUT2D eigenvalue weighted by atomic mass is 16.5. The summed E-state index contributed by atoms with van der Waals surface area (Å²) in [5.74, 6) is -0.0807. The monoisotopic (exact) mass is 234 g/mol. The van der Waals surface area contributed by atoms with E-state index in [2.05, 4.69) is 5.32 Å². The van der Waals surface area contributed by atoms with Crippen molar-refractivity contribution in [2.24, 2.45) is 0 Å². The Balaban J connectivity index is 2.17. The number of carbonyl (C=O) groups is 1. The molecule has 4 nitrogen and oxygen atoms in total. The highest BCUT2D eigenvalue weighted by Gasteiger charge is 2.31. The Morgan fingerprint density at radius 2 is 2.29 bits per heavy atom. The maximum Gasteiger partial charge on any atom is 0.252 e. The number of carbonyl (C=O) groups excluding carboxylic acids is 1. The summed E-state index contributed by atoms with van der Waals surface area (Å²) in [6.07, 6.45) is 0.847. The van der Waals surface area contributed by atoms with Gasteiger partial charge in [-0.15, -0.1) is 0 Å². The summed E-state index contributed by atoms with van der Waals surface area (Å²) in [7, 11) is 0. The Kier molecular flexibility index (Phi) is 3.07. The number of benzene rings is 1. The van der Waals surface area contributed by atoms with Crippen LogP contribution in [0.25, 0.3) is 0 Å². The predicted octanol–water partition coefficient (Wildman–Crippen LogP) is 1.49. The molecule has 1 fully saturated rings. The van der Waals surface area contributed by atoms with Crippen LogP contribution in [0.5, 0.6) is 0 Å². The van der Waals surface area contributed by atoms with Gasteiger partial charge in [-0.05, 0) is 38.0 Å². The van der Waals surface area contributed by atoms with Crippen molar-refractivity contribution in [3.63, 3.8) is 0 Å². The minimum atomic E-state index is -0.256. The number of hydrogen-bond acceptors (Lipinski definition) is 3. The van der Waals surface area contributed by atoms with Crippen molar-refractivity contribution in [1.29, 1.82) is 0 Å². The van der Waals surface area contributed by atoms with Crippen LogP contribution in [0.4, 0.5) is 5.69 Å². The summed E-state index contributed by atoms with van der Waals surface area (Å²) in [5.41, 5.74) is 7.65. The van der Waals surface area contributed by atoms with E-state index in [1.54, 1.807) is 18.2 Å². The number of nitrogen functional groups attached to an aromatic ring is 1. The Bertz CT molecular complexity index is 437. The summed E-state index contributed by atoms with van der Waals surface area (Å²) >= 11 is 0. The highest BCUT2D eigenvalue weighted by molar-refractivity contribution is 5.97. The van der Waals surface area contributed by atoms with E-state index in [1.165, 1.54) is 0 Å². The van der Waals surface area contributed by atoms with Gasteiger partial charge in [-0.1, -0.05) is 6.07 Å². The zero-order chi connectivity index (χ0) is 12.5. The van der Waals surface area contributed by atoms with Gasteiger partial charge in [0, 0.05) is 17.9 Å². The fourth-order valence-corrected chi connectivity index (χ4v) is 2.01. The van der Waals surface area contributed by atoms with Gasteiger partial charge >= 0.3 is 0 Å². The fourth-order valence-electron chi connectivity index (χ4n) is 2.01. The third kappa shape index (κ3) is 2.42. The minimum absolute atomic E-state index is 0.0807. The molecular weight excluding hydrogens is 216 g/mol. The van der Waals surface area contributed by atoms with Crippen LogP contribution in [0.2, 0.25) is 0 Å². The van der Waals surface area contributed by atoms with Crippen LogP contribution < -0.4 is 11.1 Å². The van der Waals surface area contributed by atoms with Crippen molar-refractivity contribution in [3.8, 4) is 0 Å². The van der Waals surface area contributed by atoms with Crippen molar-refractivity contribution >= 4 is 11.6 Å². The molecule has 92 valence electrons. The molecule has 1 aliphatic heterocycles. The van der Waals surface area contributed by atoms with E-state index in [1.807, 2.05) is 13.8 Å². The van der Waals surface area contributed by atoms with Crippen molar-refractivity contribution < 1.29 is 9.53 Å². The smallest absolute Gasteiger partial charge is 0.252 e. The number of hydrogen-bond donors (Lipinski definition) is 2. The topological polar surface area (TPSA) is 64.4 Å². The molecule has 0 spiro atoms. The maximum absolute atomic E-state index is 12.2. The summed E-state index contributed by atoms with van der Waals surface area (Å²) in [4.78, 5) is 12.2. The second-order valence-electron chi connectivity index (χ2n) is 4.84. The van der Waals surface area contributed by atoms with E-state index < -0.39 is 0 Å². The lowest BCUT2D eigenvalue weighted by Gasteiger charge is -2.24. The average molecular weight is 234 g/mol. The summed E-state index contributed by atoms with van der Waals surface area (Å²) in [6.45, 7) is 5.13. The summed E-state index contributed by atoms with van der Waals surface area (Å²) in [5, 5.41) is 3.02. The summed E-state index contributed by atoms with van der Waals surface area (Å²) in [6, 6.07) is 5.39. The van der Waals surface area contributed by atoms with Gasteiger partial charge in [-0.25, -0.2) is 0 Å². The number of amides is 1. The Morgan fingerprint density at radius 3 is 2.94 bits per heavy atom. The van der Waals surface area contributed by atoms with Crippen LogP contribution in [0.15, 0.2) is 18.2 Å². The first kappa shape index (κ1) is 11.9. The highest BCUT2D eigenvalue weighted by Crippen LogP contribution is 2.20. The molecule has 1 saturated heterocycles. The molecule has 1 aliphatic rings. The van der Waals surface area contributed by atoms with Crippen LogP contribution in [0.1, 0.15) is 29.3 Å². The van der Waals surface area contributed by atoms with Gasteiger partial charge in [0.2, 0.25) is 0 Å². The second-order valence-corrected chi connectivity index (χ2v) is 4.84. The van der Waals surface area contributed by atoms with Gasteiger partial charge in [0.15, 0.2) is 0 Å². The third-order valence-corrected chi connectivity index (χ3v) is 3.25. The van der Waals surface area contributed by atoms with Crippen molar-refractivity contribution in [3.05, 3.63) is 29.3 Å². The molecule has 1 heterocycles. The first-order valence-electron chi connectivity index (χ1n) is 5.77. The molecule has 0 aromatic heterocycles. The molecule has 0 bridgehead atoms. The van der Waals surface area contributed by atoms with Gasteiger partial charge in [0.25, 0.3) is 5.91 Å². The molecule has 0 saturated carbocycles. The number of ether oxygens (including phenoxy) is 1. The lowest BCUT2D eigenvalue weighted by atomic mass is 9.99. The molecule has 1 aromatic carbocycles. The Labute approximate surface area is 101 Å². The quantitative estimate of drug-likeness (QED) is 0.762. The molecule has 4 heteroatoms. The van der Waals surface area contributed by atoms with Crippen LogP contribution in [-0.2, 0) is 4.74 Å². The molecule has 1 atom stereocenters. The lowest BCUT2D eigenvalue weighted by Crippen LogP contribution is -2.46. The van der Waals surface area contributed by atoms with Gasteiger partial charge in [-0.2, -0.15) is 0 Å². The number of nitrogens with one attached hydrogen (secondary N) is 1. The number of rotatable bonds is 2. The number of anilines is 1. The Morgan fingerprint density at radius 1 is 1.53 bits per heavy atom. The van der Waals surface area contributed by atoms with E-state index in [0.29, 0.717) is 24.5 Å². The molecule has 0 radical (unpaired) electrons. The Hall–Kier alpha value is -1.55. The predicted molar refractivity (Wildman–Crippen MR) is 66.9 cm³/mol. The molecule has 0 aliphatic carbocycles. The zero-order valence-electron chi connectivity index (χ0n) is 10.2. The van der Waals surface area contributed by atoms with Crippen molar-refractivity contribution in [2.75, 3.05) is 18.9 Å². The molecule has 3 N–H and O–H groups in total. The van der Waals surface area contributed by atoms with Crippen molar-refractivity contribution in [2.45, 2.75) is 25.8 Å². The molecule has 17 heavy (non-hydrogen) atoms. The second kappa shape index (κ2) is 4.37. The van der Waals surface area contributed by atoms with Crippen LogP contribution in [-0.4, -0.2) is 24.7 Å². The van der Waals surface area contributed by atoms with E-state index in [0.717, 1.165) is 12.0 Å². The minimum Gasteiger partial charge on any atom is -0.398 e. The lowest BCUT2D eigenvalue weighted by molar-refractivity contribution is 0.0889. The molecule has 2 rings (SSSR count). The van der Waals surface area contributed by atoms with Gasteiger partial charge in [0.05, 0.1) is 12.1 Å². The summed E-state index contributed by atoms with van der Waals surface area (Å²) < 4.78 is 5.31. The van der Waals surface area contributed by atoms with Crippen LogP contribution in [0.3, 0.4) is 0 Å². The normalized spacial score (nSPS) is 23.6. The van der Waals surface area contributed by atoms with Crippen LogP contribution >= 0.6 is 0 Å². The third-order valence-electron chi connectivity index (χ3n) is 3.25. The zero-order valence-corrected chi connectivity index (χ0v) is 10.2. The van der Waals surface area contributed by atoms with E-state index in [-0.39, 0.29) is 11.4 Å². The van der Waals surface area contributed by atoms with Crippen molar-refractivity contribution in [1.82, 2.24) is 5.32 Å². The standard InChI is InChI=1S/C13H18N2O2/c1-9-10(4-3-5-11(9)14)12(16)15-13(2)6-7-17-8-13/h3-5H,6-8,14H2,1-2H3,(H,15,16). The van der Waals surface area contributed by atoms with Gasteiger partial charge < -0.3 is 15.8 Å². The van der Waals surface area contributed by atoms with Gasteiger partial charge in [0.1, 0.15) is 0 Å². The van der Waals surface area contributed by atoms with Gasteiger partial charge in [-0.3, -0.25) is 4.79 Å². The van der Waals surface area contributed by atoms with E-state index in [4.69, 9.17) is 10.5 Å². The van der Waals surface area contributed by atoms with E-state index >= 15 is 0 Å². The number of nitrogens with two attached hydrogens (primary N) is 1. The fraction of sp³-hybridized carbons (Fsp3) is 0.462. The SMILES string of the molecule is Cc1c(N)cccc1C(=O)NC1(C)CCOC1. The average Bonchev–Trinajstić information content (AvgIpc) is 2.68. The first-order valence-corrected chi connectivity index (χ1v) is 5.77. The molecule has 1 amide bonds. The molecule has 1 aromatic rings. The maximum atomic E-state index is 12.2. The van der Waals surface area contributed by atoms with Crippen LogP contribution in [0, 0.1) is 6.92 Å².